The van der Waals surface area contributed by atoms with Crippen molar-refractivity contribution in [2.45, 2.75) is 13.8 Å². The first-order chi connectivity index (χ1) is 11.7. The Morgan fingerprint density at radius 3 is 2.42 bits per heavy atom. The van der Waals surface area contributed by atoms with E-state index >= 15 is 0 Å². The minimum atomic E-state index is -0.00589. The topological polar surface area (TPSA) is 32.3 Å². The molecule has 0 aliphatic rings. The van der Waals surface area contributed by atoms with Crippen LogP contribution in [-0.2, 0) is 4.79 Å². The molecule has 0 spiro atoms. The van der Waals surface area contributed by atoms with Crippen molar-refractivity contribution in [3.8, 4) is 0 Å². The third-order valence-electron chi connectivity index (χ3n) is 4.16. The van der Waals surface area contributed by atoms with E-state index in [1.807, 2.05) is 49.4 Å². The maximum Gasteiger partial charge on any atom is 0.243 e. The fourth-order valence-electron chi connectivity index (χ4n) is 2.86. The highest BCUT2D eigenvalue weighted by atomic mass is 16.2. The molecule has 0 aliphatic heterocycles. The van der Waals surface area contributed by atoms with E-state index in [2.05, 4.69) is 41.4 Å². The number of benzene rings is 3. The van der Waals surface area contributed by atoms with E-state index in [0.717, 1.165) is 17.9 Å². The van der Waals surface area contributed by atoms with E-state index in [1.54, 1.807) is 0 Å². The molecule has 1 N–H and O–H groups in total. The van der Waals surface area contributed by atoms with Crippen LogP contribution in [0.1, 0.15) is 12.5 Å². The third-order valence-corrected chi connectivity index (χ3v) is 4.16. The van der Waals surface area contributed by atoms with Crippen LogP contribution in [-0.4, -0.2) is 19.0 Å². The van der Waals surface area contributed by atoms with Gasteiger partial charge in [0.2, 0.25) is 5.91 Å². The standard InChI is InChI=1S/C21H22N2O/c1-3-23(15-21(24)22-18-13-11-16(2)12-14-18)20-10-6-8-17-7-4-5-9-19(17)20/h4-14H,3,15H2,1-2H3,(H,22,24). The molecule has 122 valence electrons. The number of likely N-dealkylation sites (N-methyl/N-ethyl adjacent to an activating group) is 1. The molecule has 0 aromatic heterocycles. The first-order valence-corrected chi connectivity index (χ1v) is 8.26. The second-order valence-electron chi connectivity index (χ2n) is 5.93. The summed E-state index contributed by atoms with van der Waals surface area (Å²) in [7, 11) is 0. The van der Waals surface area contributed by atoms with Gasteiger partial charge in [0.1, 0.15) is 0 Å². The number of hydrogen-bond acceptors (Lipinski definition) is 2. The van der Waals surface area contributed by atoms with Gasteiger partial charge in [-0.1, -0.05) is 54.1 Å². The van der Waals surface area contributed by atoms with Crippen LogP contribution in [0.15, 0.2) is 66.7 Å². The highest BCUT2D eigenvalue weighted by Gasteiger charge is 2.12. The fourth-order valence-corrected chi connectivity index (χ4v) is 2.86. The van der Waals surface area contributed by atoms with Crippen molar-refractivity contribution in [1.29, 1.82) is 0 Å². The van der Waals surface area contributed by atoms with Crippen molar-refractivity contribution in [3.05, 3.63) is 72.3 Å². The zero-order valence-corrected chi connectivity index (χ0v) is 14.1. The second-order valence-corrected chi connectivity index (χ2v) is 5.93. The van der Waals surface area contributed by atoms with Crippen molar-refractivity contribution in [2.75, 3.05) is 23.3 Å². The zero-order chi connectivity index (χ0) is 16.9. The molecule has 0 radical (unpaired) electrons. The molecule has 24 heavy (non-hydrogen) atoms. The first kappa shape index (κ1) is 16.1. The third kappa shape index (κ3) is 3.57. The van der Waals surface area contributed by atoms with Crippen molar-refractivity contribution in [1.82, 2.24) is 0 Å². The summed E-state index contributed by atoms with van der Waals surface area (Å²) in [5.74, 6) is -0.00589. The van der Waals surface area contributed by atoms with Crippen molar-refractivity contribution >= 4 is 28.1 Å². The van der Waals surface area contributed by atoms with Gasteiger partial charge in [-0.05, 0) is 37.4 Å². The Bertz CT molecular complexity index is 835. The number of rotatable bonds is 5. The van der Waals surface area contributed by atoms with Gasteiger partial charge in [-0.3, -0.25) is 4.79 Å². The Morgan fingerprint density at radius 1 is 0.958 bits per heavy atom. The largest absolute Gasteiger partial charge is 0.362 e. The molecule has 0 saturated heterocycles. The highest BCUT2D eigenvalue weighted by molar-refractivity contribution is 5.98. The van der Waals surface area contributed by atoms with Crippen molar-refractivity contribution in [2.24, 2.45) is 0 Å². The average Bonchev–Trinajstić information content (AvgIpc) is 2.61. The van der Waals surface area contributed by atoms with Crippen molar-refractivity contribution in [3.63, 3.8) is 0 Å². The van der Waals surface area contributed by atoms with Crippen LogP contribution in [0.3, 0.4) is 0 Å². The quantitative estimate of drug-likeness (QED) is 0.745. The van der Waals surface area contributed by atoms with E-state index in [9.17, 15) is 4.79 Å². The van der Waals surface area contributed by atoms with Crippen LogP contribution in [0.4, 0.5) is 11.4 Å². The summed E-state index contributed by atoms with van der Waals surface area (Å²) in [6, 6.07) is 22.3. The number of carbonyl (C=O) groups excluding carboxylic acids is 1. The second kappa shape index (κ2) is 7.18. The smallest absolute Gasteiger partial charge is 0.243 e. The van der Waals surface area contributed by atoms with Gasteiger partial charge in [0.25, 0.3) is 0 Å². The zero-order valence-electron chi connectivity index (χ0n) is 14.1. The van der Waals surface area contributed by atoms with Gasteiger partial charge in [0.15, 0.2) is 0 Å². The minimum Gasteiger partial charge on any atom is -0.362 e. The Morgan fingerprint density at radius 2 is 1.67 bits per heavy atom. The molecular weight excluding hydrogens is 296 g/mol. The van der Waals surface area contributed by atoms with E-state index in [0.29, 0.717) is 6.54 Å². The summed E-state index contributed by atoms with van der Waals surface area (Å²) in [6.45, 7) is 5.21. The number of nitrogens with zero attached hydrogens (tertiary/aromatic N) is 1. The predicted molar refractivity (Wildman–Crippen MR) is 102 cm³/mol. The van der Waals surface area contributed by atoms with Crippen LogP contribution >= 0.6 is 0 Å². The Kier molecular flexibility index (Phi) is 4.80. The molecule has 3 nitrogen and oxygen atoms in total. The van der Waals surface area contributed by atoms with Gasteiger partial charge < -0.3 is 10.2 Å². The lowest BCUT2D eigenvalue weighted by Crippen LogP contribution is -2.33. The normalized spacial score (nSPS) is 10.6. The van der Waals surface area contributed by atoms with Gasteiger partial charge in [-0.25, -0.2) is 0 Å². The molecule has 0 heterocycles. The molecule has 0 aliphatic carbocycles. The molecule has 3 aromatic carbocycles. The maximum atomic E-state index is 12.4. The summed E-state index contributed by atoms with van der Waals surface area (Å²) < 4.78 is 0. The number of carbonyl (C=O) groups is 1. The molecule has 1 amide bonds. The Balaban J connectivity index is 1.78. The van der Waals surface area contributed by atoms with Crippen LogP contribution in [0.2, 0.25) is 0 Å². The highest BCUT2D eigenvalue weighted by Crippen LogP contribution is 2.26. The number of hydrogen-bond donors (Lipinski definition) is 1. The molecule has 0 atom stereocenters. The molecule has 3 heteroatoms. The van der Waals surface area contributed by atoms with Crippen LogP contribution in [0.25, 0.3) is 10.8 Å². The average molecular weight is 318 g/mol. The molecule has 0 saturated carbocycles. The lowest BCUT2D eigenvalue weighted by molar-refractivity contribution is -0.115. The lowest BCUT2D eigenvalue weighted by atomic mass is 10.1. The van der Waals surface area contributed by atoms with Gasteiger partial charge in [0.05, 0.1) is 6.54 Å². The monoisotopic (exact) mass is 318 g/mol. The van der Waals surface area contributed by atoms with E-state index < -0.39 is 0 Å². The first-order valence-electron chi connectivity index (χ1n) is 8.26. The van der Waals surface area contributed by atoms with Crippen LogP contribution in [0.5, 0.6) is 0 Å². The van der Waals surface area contributed by atoms with Gasteiger partial charge >= 0.3 is 0 Å². The Labute approximate surface area is 142 Å². The van der Waals surface area contributed by atoms with Gasteiger partial charge in [0, 0.05) is 23.3 Å². The summed E-state index contributed by atoms with van der Waals surface area (Å²) in [5.41, 5.74) is 3.10. The number of amides is 1. The van der Waals surface area contributed by atoms with Gasteiger partial charge in [-0.2, -0.15) is 0 Å². The number of nitrogens with one attached hydrogen (secondary N) is 1. The molecule has 0 fully saturated rings. The molecule has 0 bridgehead atoms. The lowest BCUT2D eigenvalue weighted by Gasteiger charge is -2.24. The summed E-state index contributed by atoms with van der Waals surface area (Å²) in [6.07, 6.45) is 0. The Hall–Kier alpha value is -2.81. The van der Waals surface area contributed by atoms with Gasteiger partial charge in [-0.15, -0.1) is 0 Å². The minimum absolute atomic E-state index is 0.00589. The summed E-state index contributed by atoms with van der Waals surface area (Å²) in [4.78, 5) is 14.5. The number of anilines is 2. The SMILES string of the molecule is CCN(CC(=O)Nc1ccc(C)cc1)c1cccc2ccccc12. The molecule has 0 unspecified atom stereocenters. The fraction of sp³-hybridized carbons (Fsp3) is 0.190. The number of fused-ring (bicyclic) bond motifs is 1. The summed E-state index contributed by atoms with van der Waals surface area (Å²) >= 11 is 0. The van der Waals surface area contributed by atoms with E-state index in [1.165, 1.54) is 16.3 Å². The van der Waals surface area contributed by atoms with Crippen LogP contribution < -0.4 is 10.2 Å². The van der Waals surface area contributed by atoms with Crippen LogP contribution in [0, 0.1) is 6.92 Å². The molecule has 3 rings (SSSR count). The van der Waals surface area contributed by atoms with E-state index in [4.69, 9.17) is 0 Å². The number of aryl methyl sites for hydroxylation is 1. The summed E-state index contributed by atoms with van der Waals surface area (Å²) in [5, 5.41) is 5.33. The maximum absolute atomic E-state index is 12.4. The molecule has 3 aromatic rings. The van der Waals surface area contributed by atoms with E-state index in [-0.39, 0.29) is 5.91 Å². The van der Waals surface area contributed by atoms with Crippen molar-refractivity contribution < 1.29 is 4.79 Å². The molecular formula is C21H22N2O. The predicted octanol–water partition coefficient (Wildman–Crippen LogP) is 4.61.